The maximum atomic E-state index is 12.0. The molecule has 27 heavy (non-hydrogen) atoms. The number of carbonyl (C=O) groups is 2. The Bertz CT molecular complexity index is 814. The van der Waals surface area contributed by atoms with Gasteiger partial charge < -0.3 is 20.6 Å². The second kappa shape index (κ2) is 8.53. The van der Waals surface area contributed by atoms with Crippen LogP contribution in [-0.4, -0.2) is 35.2 Å². The Balaban J connectivity index is 1.50. The number of rotatable bonds is 6. The van der Waals surface area contributed by atoms with E-state index >= 15 is 0 Å². The first-order valence-electron chi connectivity index (χ1n) is 9.08. The van der Waals surface area contributed by atoms with Gasteiger partial charge in [-0.2, -0.15) is 0 Å². The topological polar surface area (TPSA) is 94.6 Å². The number of hydrogen-bond acceptors (Lipinski definition) is 4. The average molecular weight is 368 g/mol. The largest absolute Gasteiger partial charge is 0.478 e. The number of urea groups is 1. The molecule has 7 nitrogen and oxygen atoms in total. The number of benzene rings is 1. The summed E-state index contributed by atoms with van der Waals surface area (Å²) in [5, 5.41) is 14.5. The first-order valence-corrected chi connectivity index (χ1v) is 9.08. The van der Waals surface area contributed by atoms with Gasteiger partial charge in [0.15, 0.2) is 0 Å². The molecule has 3 N–H and O–H groups in total. The van der Waals surface area contributed by atoms with Gasteiger partial charge in [-0.05, 0) is 55.2 Å². The lowest BCUT2D eigenvalue weighted by molar-refractivity contribution is 0.0697. The smallest absolute Gasteiger partial charge is 0.335 e. The van der Waals surface area contributed by atoms with Crippen molar-refractivity contribution < 1.29 is 14.7 Å². The third-order valence-corrected chi connectivity index (χ3v) is 4.54. The summed E-state index contributed by atoms with van der Waals surface area (Å²) in [6.07, 6.45) is 2.39. The van der Waals surface area contributed by atoms with Gasteiger partial charge in [-0.15, -0.1) is 0 Å². The van der Waals surface area contributed by atoms with Crippen LogP contribution in [0.15, 0.2) is 36.4 Å². The zero-order valence-electron chi connectivity index (χ0n) is 15.4. The molecule has 0 atom stereocenters. The third-order valence-electron chi connectivity index (χ3n) is 4.54. The van der Waals surface area contributed by atoms with E-state index < -0.39 is 5.97 Å². The molecule has 0 spiro atoms. The van der Waals surface area contributed by atoms with Crippen molar-refractivity contribution in [3.05, 3.63) is 58.8 Å². The molecular weight excluding hydrogens is 344 g/mol. The zero-order chi connectivity index (χ0) is 19.2. The Morgan fingerprint density at radius 2 is 1.67 bits per heavy atom. The molecule has 2 amide bonds. The monoisotopic (exact) mass is 368 g/mol. The number of nitrogens with one attached hydrogen (secondary N) is 2. The highest BCUT2D eigenvalue weighted by Crippen LogP contribution is 2.19. The number of anilines is 1. The van der Waals surface area contributed by atoms with Crippen LogP contribution in [0.2, 0.25) is 0 Å². The van der Waals surface area contributed by atoms with Crippen LogP contribution < -0.4 is 15.5 Å². The van der Waals surface area contributed by atoms with Gasteiger partial charge in [0.05, 0.1) is 5.56 Å². The molecule has 1 aromatic carbocycles. The highest BCUT2D eigenvalue weighted by atomic mass is 16.4. The summed E-state index contributed by atoms with van der Waals surface area (Å²) in [6, 6.07) is 10.2. The van der Waals surface area contributed by atoms with Gasteiger partial charge in [-0.25, -0.2) is 14.6 Å². The number of hydrogen-bond donors (Lipinski definition) is 3. The second-order valence-corrected chi connectivity index (χ2v) is 6.71. The molecule has 0 saturated carbocycles. The van der Waals surface area contributed by atoms with Crippen LogP contribution in [0.5, 0.6) is 0 Å². The van der Waals surface area contributed by atoms with Crippen LogP contribution in [0, 0.1) is 6.92 Å². The van der Waals surface area contributed by atoms with Gasteiger partial charge in [0.1, 0.15) is 5.82 Å². The summed E-state index contributed by atoms with van der Waals surface area (Å²) in [7, 11) is 0. The highest BCUT2D eigenvalue weighted by Gasteiger charge is 2.14. The lowest BCUT2D eigenvalue weighted by Gasteiger charge is -2.18. The second-order valence-electron chi connectivity index (χ2n) is 6.71. The fourth-order valence-corrected chi connectivity index (χ4v) is 3.12. The number of carboxylic acids is 1. The minimum Gasteiger partial charge on any atom is -0.478 e. The molecule has 2 aromatic rings. The molecule has 0 bridgehead atoms. The Labute approximate surface area is 158 Å². The first kappa shape index (κ1) is 18.7. The van der Waals surface area contributed by atoms with Gasteiger partial charge >= 0.3 is 12.0 Å². The van der Waals surface area contributed by atoms with E-state index in [0.717, 1.165) is 35.7 Å². The van der Waals surface area contributed by atoms with E-state index in [0.29, 0.717) is 13.1 Å². The quantitative estimate of drug-likeness (QED) is 0.729. The number of pyridine rings is 1. The van der Waals surface area contributed by atoms with Crippen molar-refractivity contribution in [2.24, 2.45) is 0 Å². The van der Waals surface area contributed by atoms with E-state index in [1.165, 1.54) is 25.0 Å². The molecule has 2 heterocycles. The van der Waals surface area contributed by atoms with Crippen molar-refractivity contribution in [3.63, 3.8) is 0 Å². The van der Waals surface area contributed by atoms with E-state index in [9.17, 15) is 9.59 Å². The van der Waals surface area contributed by atoms with Crippen LogP contribution in [0.25, 0.3) is 0 Å². The Kier molecular flexibility index (Phi) is 5.90. The lowest BCUT2D eigenvalue weighted by Crippen LogP contribution is -2.34. The number of amides is 2. The molecule has 0 aliphatic carbocycles. The van der Waals surface area contributed by atoms with Crippen molar-refractivity contribution >= 4 is 17.8 Å². The summed E-state index contributed by atoms with van der Waals surface area (Å²) in [4.78, 5) is 29.8. The Hall–Kier alpha value is -3.09. The molecule has 142 valence electrons. The summed E-state index contributed by atoms with van der Waals surface area (Å²) in [5.74, 6) is 0.0106. The SMILES string of the molecule is Cc1cc(CNC(=O)NCc2ccc(C(=O)O)cc2)cc(N2CCCC2)n1. The minimum atomic E-state index is -0.965. The summed E-state index contributed by atoms with van der Waals surface area (Å²) in [6.45, 7) is 4.78. The predicted molar refractivity (Wildman–Crippen MR) is 103 cm³/mol. The number of carboxylic acid groups (broad SMARTS) is 1. The van der Waals surface area contributed by atoms with Gasteiger partial charge in [-0.1, -0.05) is 12.1 Å². The van der Waals surface area contributed by atoms with Crippen molar-refractivity contribution in [1.29, 1.82) is 0 Å². The molecule has 7 heteroatoms. The predicted octanol–water partition coefficient (Wildman–Crippen LogP) is 2.69. The first-order chi connectivity index (χ1) is 13.0. The maximum absolute atomic E-state index is 12.0. The van der Waals surface area contributed by atoms with Crippen LogP contribution in [0.1, 0.15) is 40.0 Å². The molecule has 1 fully saturated rings. The van der Waals surface area contributed by atoms with E-state index in [1.807, 2.05) is 19.1 Å². The maximum Gasteiger partial charge on any atom is 0.335 e. The van der Waals surface area contributed by atoms with E-state index in [4.69, 9.17) is 5.11 Å². The summed E-state index contributed by atoms with van der Waals surface area (Å²) in [5.41, 5.74) is 3.02. The van der Waals surface area contributed by atoms with Crippen molar-refractivity contribution in [1.82, 2.24) is 15.6 Å². The average Bonchev–Trinajstić information content (AvgIpc) is 3.19. The number of nitrogens with zero attached hydrogens (tertiary/aromatic N) is 2. The number of aromatic nitrogens is 1. The lowest BCUT2D eigenvalue weighted by atomic mass is 10.1. The molecule has 1 aliphatic heterocycles. The highest BCUT2D eigenvalue weighted by molar-refractivity contribution is 5.87. The van der Waals surface area contributed by atoms with Gasteiger partial charge in [-0.3, -0.25) is 0 Å². The number of aryl methyl sites for hydroxylation is 1. The summed E-state index contributed by atoms with van der Waals surface area (Å²) < 4.78 is 0. The van der Waals surface area contributed by atoms with Crippen LogP contribution in [-0.2, 0) is 13.1 Å². The van der Waals surface area contributed by atoms with Gasteiger partial charge in [0.2, 0.25) is 0 Å². The molecule has 1 saturated heterocycles. The van der Waals surface area contributed by atoms with Crippen LogP contribution in [0.3, 0.4) is 0 Å². The molecular formula is C20H24N4O3. The van der Waals surface area contributed by atoms with Crippen molar-refractivity contribution in [3.8, 4) is 0 Å². The molecule has 3 rings (SSSR count). The van der Waals surface area contributed by atoms with Gasteiger partial charge in [0, 0.05) is 31.9 Å². The molecule has 1 aromatic heterocycles. The standard InChI is InChI=1S/C20H24N4O3/c1-14-10-16(11-18(23-14)24-8-2-3-9-24)13-22-20(27)21-12-15-4-6-17(7-5-15)19(25)26/h4-7,10-11H,2-3,8-9,12-13H2,1H3,(H,25,26)(H2,21,22,27). The molecule has 0 unspecified atom stereocenters. The molecule has 0 radical (unpaired) electrons. The van der Waals surface area contributed by atoms with Crippen molar-refractivity contribution in [2.45, 2.75) is 32.9 Å². The Morgan fingerprint density at radius 3 is 2.30 bits per heavy atom. The van der Waals surface area contributed by atoms with E-state index in [2.05, 4.69) is 20.5 Å². The fourth-order valence-electron chi connectivity index (χ4n) is 3.12. The summed E-state index contributed by atoms with van der Waals surface area (Å²) >= 11 is 0. The van der Waals surface area contributed by atoms with Crippen LogP contribution in [0.4, 0.5) is 10.6 Å². The zero-order valence-corrected chi connectivity index (χ0v) is 15.4. The molecule has 1 aliphatic rings. The number of aromatic carboxylic acids is 1. The minimum absolute atomic E-state index is 0.227. The van der Waals surface area contributed by atoms with Gasteiger partial charge in [0.25, 0.3) is 0 Å². The third kappa shape index (κ3) is 5.20. The fraction of sp³-hybridized carbons (Fsp3) is 0.350. The van der Waals surface area contributed by atoms with Crippen LogP contribution >= 0.6 is 0 Å². The number of carbonyl (C=O) groups excluding carboxylic acids is 1. The normalized spacial score (nSPS) is 13.4. The van der Waals surface area contributed by atoms with E-state index in [-0.39, 0.29) is 11.6 Å². The van der Waals surface area contributed by atoms with E-state index in [1.54, 1.807) is 12.1 Å². The van der Waals surface area contributed by atoms with Crippen molar-refractivity contribution in [2.75, 3.05) is 18.0 Å². The Morgan fingerprint density at radius 1 is 1.04 bits per heavy atom.